The number of hydrogen-bond acceptors (Lipinski definition) is 4. The summed E-state index contributed by atoms with van der Waals surface area (Å²) in [5.41, 5.74) is 1.19. The lowest BCUT2D eigenvalue weighted by atomic mass is 9.97. The molecule has 1 aliphatic heterocycles. The summed E-state index contributed by atoms with van der Waals surface area (Å²) in [6.07, 6.45) is 9.32. The molecular formula is C14H20N6O. The molecule has 1 aliphatic rings. The van der Waals surface area contributed by atoms with Gasteiger partial charge < -0.3 is 4.90 Å². The number of amides is 1. The molecule has 1 fully saturated rings. The van der Waals surface area contributed by atoms with Crippen molar-refractivity contribution in [2.45, 2.75) is 32.9 Å². The zero-order valence-corrected chi connectivity index (χ0v) is 12.2. The van der Waals surface area contributed by atoms with Gasteiger partial charge in [-0.1, -0.05) is 5.21 Å². The molecule has 2 aromatic heterocycles. The van der Waals surface area contributed by atoms with Crippen molar-refractivity contribution >= 4 is 5.91 Å². The van der Waals surface area contributed by atoms with Crippen molar-refractivity contribution in [2.75, 3.05) is 13.1 Å². The monoisotopic (exact) mass is 288 g/mol. The summed E-state index contributed by atoms with van der Waals surface area (Å²) in [6, 6.07) is 0. The van der Waals surface area contributed by atoms with E-state index in [1.54, 1.807) is 17.1 Å². The summed E-state index contributed by atoms with van der Waals surface area (Å²) >= 11 is 0. The third-order valence-electron chi connectivity index (χ3n) is 3.94. The van der Waals surface area contributed by atoms with Crippen LogP contribution in [0, 0.1) is 12.8 Å². The van der Waals surface area contributed by atoms with E-state index in [-0.39, 0.29) is 12.5 Å². The fraction of sp³-hybridized carbons (Fsp3) is 0.571. The number of hydrogen-bond donors (Lipinski definition) is 0. The molecule has 1 saturated heterocycles. The van der Waals surface area contributed by atoms with Crippen molar-refractivity contribution < 1.29 is 4.79 Å². The average molecular weight is 288 g/mol. The second kappa shape index (κ2) is 6.07. The van der Waals surface area contributed by atoms with Crippen molar-refractivity contribution in [3.63, 3.8) is 0 Å². The van der Waals surface area contributed by atoms with E-state index in [1.165, 1.54) is 5.56 Å². The smallest absolute Gasteiger partial charge is 0.244 e. The Morgan fingerprint density at radius 2 is 2.14 bits per heavy atom. The van der Waals surface area contributed by atoms with Crippen LogP contribution in [0.2, 0.25) is 0 Å². The van der Waals surface area contributed by atoms with Crippen molar-refractivity contribution in [1.82, 2.24) is 29.7 Å². The Kier molecular flexibility index (Phi) is 3.98. The van der Waals surface area contributed by atoms with Crippen molar-refractivity contribution in [3.8, 4) is 0 Å². The van der Waals surface area contributed by atoms with Crippen LogP contribution in [-0.4, -0.2) is 48.7 Å². The highest BCUT2D eigenvalue weighted by molar-refractivity contribution is 5.75. The van der Waals surface area contributed by atoms with Gasteiger partial charge in [0.05, 0.1) is 12.4 Å². The Morgan fingerprint density at radius 1 is 1.33 bits per heavy atom. The Hall–Kier alpha value is -2.18. The van der Waals surface area contributed by atoms with Crippen LogP contribution in [0.1, 0.15) is 18.4 Å². The van der Waals surface area contributed by atoms with Crippen molar-refractivity contribution in [3.05, 3.63) is 30.4 Å². The van der Waals surface area contributed by atoms with Gasteiger partial charge in [0.15, 0.2) is 0 Å². The minimum absolute atomic E-state index is 0.119. The Labute approximate surface area is 123 Å². The van der Waals surface area contributed by atoms with Gasteiger partial charge >= 0.3 is 0 Å². The zero-order valence-electron chi connectivity index (χ0n) is 12.2. The molecule has 0 bridgehead atoms. The molecule has 0 saturated carbocycles. The summed E-state index contributed by atoms with van der Waals surface area (Å²) < 4.78 is 3.58. The Bertz CT molecular complexity index is 582. The SMILES string of the molecule is Cc1cnn(CC2CCN(C(=O)Cn3ccnn3)CC2)c1. The van der Waals surface area contributed by atoms with E-state index in [0.29, 0.717) is 5.92 Å². The molecule has 7 heteroatoms. The third-order valence-corrected chi connectivity index (χ3v) is 3.94. The van der Waals surface area contributed by atoms with Crippen LogP contribution >= 0.6 is 0 Å². The maximum Gasteiger partial charge on any atom is 0.244 e. The Balaban J connectivity index is 1.47. The number of rotatable bonds is 4. The van der Waals surface area contributed by atoms with Crippen LogP contribution in [-0.2, 0) is 17.9 Å². The summed E-state index contributed by atoms with van der Waals surface area (Å²) in [4.78, 5) is 14.1. The molecule has 112 valence electrons. The molecule has 0 unspecified atom stereocenters. The molecule has 0 aliphatic carbocycles. The molecule has 3 heterocycles. The highest BCUT2D eigenvalue weighted by atomic mass is 16.2. The molecule has 21 heavy (non-hydrogen) atoms. The van der Waals surface area contributed by atoms with Gasteiger partial charge in [-0.25, -0.2) is 4.68 Å². The van der Waals surface area contributed by atoms with Gasteiger partial charge in [0.25, 0.3) is 0 Å². The van der Waals surface area contributed by atoms with Gasteiger partial charge in [-0.15, -0.1) is 5.10 Å². The van der Waals surface area contributed by atoms with E-state index < -0.39 is 0 Å². The molecule has 2 aromatic rings. The third kappa shape index (κ3) is 3.48. The van der Waals surface area contributed by atoms with E-state index in [2.05, 4.69) is 28.5 Å². The number of carbonyl (C=O) groups is 1. The second-order valence-corrected chi connectivity index (χ2v) is 5.66. The largest absolute Gasteiger partial charge is 0.341 e. The van der Waals surface area contributed by atoms with Gasteiger partial charge in [0.2, 0.25) is 5.91 Å². The number of piperidine rings is 1. The zero-order chi connectivity index (χ0) is 14.7. The molecule has 0 atom stereocenters. The minimum Gasteiger partial charge on any atom is -0.341 e. The number of aromatic nitrogens is 5. The van der Waals surface area contributed by atoms with Crippen LogP contribution < -0.4 is 0 Å². The van der Waals surface area contributed by atoms with Crippen molar-refractivity contribution in [2.24, 2.45) is 5.92 Å². The normalized spacial score (nSPS) is 16.3. The first-order valence-corrected chi connectivity index (χ1v) is 7.31. The number of nitrogens with zero attached hydrogens (tertiary/aromatic N) is 6. The van der Waals surface area contributed by atoms with Crippen molar-refractivity contribution in [1.29, 1.82) is 0 Å². The van der Waals surface area contributed by atoms with Gasteiger partial charge in [0.1, 0.15) is 6.54 Å². The predicted octanol–water partition coefficient (Wildman–Crippen LogP) is 0.722. The van der Waals surface area contributed by atoms with Crippen LogP contribution in [0.25, 0.3) is 0 Å². The first-order chi connectivity index (χ1) is 10.2. The maximum atomic E-state index is 12.2. The van der Waals surface area contributed by atoms with Crippen LogP contribution in [0.5, 0.6) is 0 Å². The maximum absolute atomic E-state index is 12.2. The standard InChI is InChI=1S/C14H20N6O/c1-12-8-16-20(9-12)10-13-2-5-18(6-3-13)14(21)11-19-7-4-15-17-19/h4,7-9,13H,2-3,5-6,10-11H2,1H3. The van der Waals surface area contributed by atoms with Gasteiger partial charge in [-0.2, -0.15) is 5.10 Å². The quantitative estimate of drug-likeness (QED) is 0.831. The molecule has 0 spiro atoms. The molecule has 0 aromatic carbocycles. The number of likely N-dealkylation sites (tertiary alicyclic amines) is 1. The van der Waals surface area contributed by atoms with Crippen LogP contribution in [0.4, 0.5) is 0 Å². The number of aryl methyl sites for hydroxylation is 1. The van der Waals surface area contributed by atoms with Crippen LogP contribution in [0.15, 0.2) is 24.8 Å². The van der Waals surface area contributed by atoms with E-state index in [9.17, 15) is 4.79 Å². The summed E-state index contributed by atoms with van der Waals surface area (Å²) in [5, 5.41) is 11.9. The van der Waals surface area contributed by atoms with E-state index >= 15 is 0 Å². The summed E-state index contributed by atoms with van der Waals surface area (Å²) in [6.45, 7) is 4.91. The lowest BCUT2D eigenvalue weighted by Gasteiger charge is -2.31. The van der Waals surface area contributed by atoms with E-state index in [0.717, 1.165) is 32.5 Å². The number of carbonyl (C=O) groups excluding carboxylic acids is 1. The van der Waals surface area contributed by atoms with Gasteiger partial charge in [-0.05, 0) is 31.2 Å². The van der Waals surface area contributed by atoms with E-state index in [4.69, 9.17) is 0 Å². The van der Waals surface area contributed by atoms with Crippen LogP contribution in [0.3, 0.4) is 0 Å². The molecule has 0 N–H and O–H groups in total. The average Bonchev–Trinajstić information content (AvgIpc) is 3.12. The predicted molar refractivity (Wildman–Crippen MR) is 76.3 cm³/mol. The molecule has 0 radical (unpaired) electrons. The molecule has 7 nitrogen and oxygen atoms in total. The Morgan fingerprint density at radius 3 is 2.76 bits per heavy atom. The minimum atomic E-state index is 0.119. The fourth-order valence-corrected chi connectivity index (χ4v) is 2.75. The van der Waals surface area contributed by atoms with Gasteiger partial charge in [0, 0.05) is 32.0 Å². The lowest BCUT2D eigenvalue weighted by Crippen LogP contribution is -2.41. The topological polar surface area (TPSA) is 68.8 Å². The first-order valence-electron chi connectivity index (χ1n) is 7.31. The van der Waals surface area contributed by atoms with E-state index in [1.807, 2.05) is 15.8 Å². The second-order valence-electron chi connectivity index (χ2n) is 5.66. The highest BCUT2D eigenvalue weighted by Gasteiger charge is 2.23. The van der Waals surface area contributed by atoms with Gasteiger partial charge in [-0.3, -0.25) is 9.48 Å². The molecular weight excluding hydrogens is 268 g/mol. The fourth-order valence-electron chi connectivity index (χ4n) is 2.75. The first kappa shape index (κ1) is 13.8. The summed E-state index contributed by atoms with van der Waals surface area (Å²) in [7, 11) is 0. The molecule has 1 amide bonds. The highest BCUT2D eigenvalue weighted by Crippen LogP contribution is 2.19. The lowest BCUT2D eigenvalue weighted by molar-refractivity contribution is -0.133. The molecule has 3 rings (SSSR count). The summed E-state index contributed by atoms with van der Waals surface area (Å²) in [5.74, 6) is 0.716.